The maximum Gasteiger partial charge on any atom is 0.256 e. The lowest BCUT2D eigenvalue weighted by molar-refractivity contribution is 0.0934. The van der Waals surface area contributed by atoms with Crippen molar-refractivity contribution in [2.45, 2.75) is 26.3 Å². The van der Waals surface area contributed by atoms with Gasteiger partial charge in [-0.3, -0.25) is 4.79 Å². The summed E-state index contributed by atoms with van der Waals surface area (Å²) < 4.78 is 0. The maximum absolute atomic E-state index is 13.4. The fraction of sp³-hybridized carbons (Fsp3) is 0.154. The van der Waals surface area contributed by atoms with Gasteiger partial charge in [0, 0.05) is 10.9 Å². The molecule has 0 spiro atoms. The van der Waals surface area contributed by atoms with Crippen LogP contribution in [0.25, 0.3) is 22.2 Å². The molecule has 30 heavy (non-hydrogen) atoms. The lowest BCUT2D eigenvalue weighted by Crippen LogP contribution is -2.28. The topological polar surface area (TPSA) is 62.2 Å². The minimum Gasteiger partial charge on any atom is -0.505 e. The number of rotatable bonds is 5. The Labute approximate surface area is 176 Å². The van der Waals surface area contributed by atoms with Gasteiger partial charge in [0.25, 0.3) is 5.91 Å². The van der Waals surface area contributed by atoms with Crippen molar-refractivity contribution in [3.8, 4) is 17.0 Å². The third-order valence-corrected chi connectivity index (χ3v) is 5.31. The molecule has 0 radical (unpaired) electrons. The van der Waals surface area contributed by atoms with E-state index in [2.05, 4.69) is 10.3 Å². The van der Waals surface area contributed by atoms with E-state index in [0.29, 0.717) is 16.6 Å². The lowest BCUT2D eigenvalue weighted by atomic mass is 9.99. The van der Waals surface area contributed by atoms with E-state index in [9.17, 15) is 9.90 Å². The Morgan fingerprint density at radius 1 is 1.00 bits per heavy atom. The molecule has 1 heterocycles. The van der Waals surface area contributed by atoms with Gasteiger partial charge in [-0.2, -0.15) is 0 Å². The second-order valence-electron chi connectivity index (χ2n) is 7.42. The summed E-state index contributed by atoms with van der Waals surface area (Å²) in [6.07, 6.45) is 0.740. The number of amides is 1. The van der Waals surface area contributed by atoms with Gasteiger partial charge in [-0.15, -0.1) is 0 Å². The number of hydrogen-bond donors (Lipinski definition) is 2. The largest absolute Gasteiger partial charge is 0.505 e. The molecule has 2 N–H and O–H groups in total. The number of aromatic hydroxyl groups is 1. The van der Waals surface area contributed by atoms with Crippen molar-refractivity contribution in [2.24, 2.45) is 0 Å². The quantitative estimate of drug-likeness (QED) is 0.448. The molecule has 4 heteroatoms. The van der Waals surface area contributed by atoms with E-state index in [4.69, 9.17) is 0 Å². The fourth-order valence-corrected chi connectivity index (χ4v) is 3.73. The predicted molar refractivity (Wildman–Crippen MR) is 121 cm³/mol. The van der Waals surface area contributed by atoms with Gasteiger partial charge in [-0.05, 0) is 30.5 Å². The van der Waals surface area contributed by atoms with Gasteiger partial charge < -0.3 is 10.4 Å². The van der Waals surface area contributed by atoms with E-state index in [1.165, 1.54) is 0 Å². The molecule has 0 aliphatic heterocycles. The number of benzene rings is 3. The number of carbonyl (C=O) groups excluding carboxylic acids is 1. The zero-order valence-electron chi connectivity index (χ0n) is 17.1. The number of pyridine rings is 1. The van der Waals surface area contributed by atoms with Crippen molar-refractivity contribution in [2.75, 3.05) is 0 Å². The maximum atomic E-state index is 13.4. The van der Waals surface area contributed by atoms with E-state index in [-0.39, 0.29) is 23.3 Å². The number of hydrogen-bond acceptors (Lipinski definition) is 3. The second kappa shape index (κ2) is 8.37. The first-order valence-electron chi connectivity index (χ1n) is 10.1. The van der Waals surface area contributed by atoms with Gasteiger partial charge in [0.2, 0.25) is 0 Å². The van der Waals surface area contributed by atoms with Gasteiger partial charge in [0.1, 0.15) is 5.69 Å². The third kappa shape index (κ3) is 3.77. The van der Waals surface area contributed by atoms with Crippen LogP contribution in [-0.2, 0) is 0 Å². The van der Waals surface area contributed by atoms with E-state index in [0.717, 1.165) is 23.1 Å². The van der Waals surface area contributed by atoms with Crippen molar-refractivity contribution in [1.29, 1.82) is 0 Å². The highest BCUT2D eigenvalue weighted by Gasteiger charge is 2.23. The summed E-state index contributed by atoms with van der Waals surface area (Å²) in [4.78, 5) is 18.1. The van der Waals surface area contributed by atoms with Crippen LogP contribution in [-0.4, -0.2) is 16.0 Å². The Morgan fingerprint density at radius 2 is 1.67 bits per heavy atom. The molecular formula is C26H24N2O2. The summed E-state index contributed by atoms with van der Waals surface area (Å²) in [5.41, 5.74) is 4.19. The van der Waals surface area contributed by atoms with Gasteiger partial charge >= 0.3 is 0 Å². The smallest absolute Gasteiger partial charge is 0.256 e. The molecule has 4 rings (SSSR count). The van der Waals surface area contributed by atoms with Crippen molar-refractivity contribution in [3.05, 3.63) is 95.6 Å². The normalized spacial score (nSPS) is 11.9. The van der Waals surface area contributed by atoms with Crippen molar-refractivity contribution >= 4 is 16.8 Å². The van der Waals surface area contributed by atoms with Crippen molar-refractivity contribution in [3.63, 3.8) is 0 Å². The first-order valence-corrected chi connectivity index (χ1v) is 10.1. The third-order valence-electron chi connectivity index (χ3n) is 5.31. The van der Waals surface area contributed by atoms with E-state index in [1.54, 1.807) is 0 Å². The van der Waals surface area contributed by atoms with Gasteiger partial charge in [0.05, 0.1) is 17.1 Å². The highest BCUT2D eigenvalue weighted by molar-refractivity contribution is 6.10. The number of aromatic nitrogens is 1. The molecule has 0 bridgehead atoms. The lowest BCUT2D eigenvalue weighted by Gasteiger charge is -2.19. The van der Waals surface area contributed by atoms with Crippen LogP contribution in [0.2, 0.25) is 0 Å². The van der Waals surface area contributed by atoms with Crippen LogP contribution in [0.5, 0.6) is 5.75 Å². The number of fused-ring (bicyclic) bond motifs is 1. The Morgan fingerprint density at radius 3 is 2.33 bits per heavy atom. The summed E-state index contributed by atoms with van der Waals surface area (Å²) in [6, 6.07) is 24.9. The summed E-state index contributed by atoms with van der Waals surface area (Å²) in [5.74, 6) is -0.408. The number of carbonyl (C=O) groups is 1. The van der Waals surface area contributed by atoms with Crippen LogP contribution in [0, 0.1) is 6.92 Å². The number of aryl methyl sites for hydroxylation is 1. The molecule has 4 nitrogen and oxygen atoms in total. The molecule has 0 saturated carbocycles. The summed E-state index contributed by atoms with van der Waals surface area (Å²) >= 11 is 0. The first kappa shape index (κ1) is 19.6. The minimum absolute atomic E-state index is 0.0991. The van der Waals surface area contributed by atoms with E-state index < -0.39 is 0 Å². The monoisotopic (exact) mass is 396 g/mol. The highest BCUT2D eigenvalue weighted by Crippen LogP contribution is 2.36. The average molecular weight is 396 g/mol. The zero-order chi connectivity index (χ0) is 21.1. The van der Waals surface area contributed by atoms with Crippen LogP contribution in [0.4, 0.5) is 0 Å². The van der Waals surface area contributed by atoms with Crippen LogP contribution in [0.1, 0.15) is 40.9 Å². The van der Waals surface area contributed by atoms with Crippen LogP contribution < -0.4 is 5.32 Å². The van der Waals surface area contributed by atoms with Crippen molar-refractivity contribution < 1.29 is 9.90 Å². The molecule has 0 aliphatic carbocycles. The van der Waals surface area contributed by atoms with Crippen LogP contribution >= 0.6 is 0 Å². The van der Waals surface area contributed by atoms with Crippen LogP contribution in [0.15, 0.2) is 78.9 Å². The Bertz CT molecular complexity index is 1190. The molecule has 3 aromatic carbocycles. The van der Waals surface area contributed by atoms with Gasteiger partial charge in [-0.1, -0.05) is 79.7 Å². The molecule has 1 atom stereocenters. The molecule has 0 saturated heterocycles. The molecule has 150 valence electrons. The average Bonchev–Trinajstić information content (AvgIpc) is 2.78. The highest BCUT2D eigenvalue weighted by atomic mass is 16.3. The molecule has 0 fully saturated rings. The molecule has 1 amide bonds. The van der Waals surface area contributed by atoms with Gasteiger partial charge in [0.15, 0.2) is 5.75 Å². The van der Waals surface area contributed by atoms with Crippen LogP contribution in [0.3, 0.4) is 0 Å². The first-order chi connectivity index (χ1) is 14.6. The minimum atomic E-state index is -0.309. The molecule has 0 aliphatic rings. The fourth-order valence-electron chi connectivity index (χ4n) is 3.73. The van der Waals surface area contributed by atoms with E-state index in [1.807, 2.05) is 92.7 Å². The Balaban J connectivity index is 1.84. The SMILES string of the molecule is CC[C@H](NC(=O)c1c(O)c(-c2ccccc2)nc2cc(C)ccc12)c1ccccc1. The van der Waals surface area contributed by atoms with Crippen molar-refractivity contribution in [1.82, 2.24) is 10.3 Å². The molecule has 4 aromatic rings. The predicted octanol–water partition coefficient (Wildman–Crippen LogP) is 5.80. The van der Waals surface area contributed by atoms with Gasteiger partial charge in [-0.25, -0.2) is 4.98 Å². The summed E-state index contributed by atoms with van der Waals surface area (Å²) in [7, 11) is 0. The molecule has 1 aromatic heterocycles. The Hall–Kier alpha value is -3.66. The van der Waals surface area contributed by atoms with E-state index >= 15 is 0 Å². The number of nitrogens with one attached hydrogen (secondary N) is 1. The zero-order valence-corrected chi connectivity index (χ0v) is 17.1. The standard InChI is InChI=1S/C26H24N2O2/c1-3-21(18-10-6-4-7-11-18)28-26(30)23-20-15-14-17(2)16-22(20)27-24(25(23)29)19-12-8-5-9-13-19/h4-16,21,29H,3H2,1-2H3,(H,28,30)/t21-/m0/s1. The summed E-state index contributed by atoms with van der Waals surface area (Å²) in [5, 5.41) is 14.8. The number of nitrogens with zero attached hydrogens (tertiary/aromatic N) is 1. The second-order valence-corrected chi connectivity index (χ2v) is 7.42. The molecule has 0 unspecified atom stereocenters. The molecular weight excluding hydrogens is 372 g/mol. The Kier molecular flexibility index (Phi) is 5.48. The summed E-state index contributed by atoms with van der Waals surface area (Å²) in [6.45, 7) is 4.01.